The molecule has 1 rings (SSSR count). The highest BCUT2D eigenvalue weighted by molar-refractivity contribution is 5.75. The lowest BCUT2D eigenvalue weighted by Crippen LogP contribution is -2.42. The van der Waals surface area contributed by atoms with Crippen LogP contribution in [0, 0.1) is 5.41 Å². The van der Waals surface area contributed by atoms with Crippen molar-refractivity contribution in [1.82, 2.24) is 5.32 Å². The Morgan fingerprint density at radius 3 is 2.53 bits per heavy atom. The average molecular weight is 243 g/mol. The fourth-order valence-corrected chi connectivity index (χ4v) is 2.59. The average Bonchev–Trinajstić information content (AvgIpc) is 2.82. The van der Waals surface area contributed by atoms with Crippen molar-refractivity contribution in [3.05, 3.63) is 0 Å². The van der Waals surface area contributed by atoms with E-state index in [2.05, 4.69) is 5.32 Å². The van der Waals surface area contributed by atoms with Gasteiger partial charge in [-0.3, -0.25) is 4.79 Å². The van der Waals surface area contributed by atoms with E-state index in [0.29, 0.717) is 5.41 Å². The third-order valence-corrected chi connectivity index (χ3v) is 3.84. The van der Waals surface area contributed by atoms with E-state index in [1.807, 2.05) is 6.92 Å². The van der Waals surface area contributed by atoms with E-state index in [1.54, 1.807) is 7.11 Å². The van der Waals surface area contributed by atoms with Crippen LogP contribution < -0.4 is 5.32 Å². The molecule has 1 atom stereocenters. The maximum absolute atomic E-state index is 11.3. The van der Waals surface area contributed by atoms with E-state index in [9.17, 15) is 4.79 Å². The summed E-state index contributed by atoms with van der Waals surface area (Å²) in [6.45, 7) is 3.53. The third kappa shape index (κ3) is 4.28. The maximum Gasteiger partial charge on any atom is 0.322 e. The van der Waals surface area contributed by atoms with Crippen molar-refractivity contribution in [1.29, 1.82) is 0 Å². The predicted octanol–water partition coefficient (Wildman–Crippen LogP) is 1.73. The van der Waals surface area contributed by atoms with E-state index in [-0.39, 0.29) is 12.0 Å². The van der Waals surface area contributed by atoms with Gasteiger partial charge in [0.25, 0.3) is 0 Å². The summed E-state index contributed by atoms with van der Waals surface area (Å²) in [5.41, 5.74) is 0.318. The first kappa shape index (κ1) is 14.5. The molecule has 1 saturated carbocycles. The second-order valence-electron chi connectivity index (χ2n) is 5.08. The standard InChI is InChI=1S/C13H25NO3/c1-11(12(15)17-3)14-10-13(8-9-16-2)6-4-5-7-13/h11,14H,4-10H2,1-3H3. The minimum Gasteiger partial charge on any atom is -0.468 e. The Hall–Kier alpha value is -0.610. The molecule has 1 aliphatic carbocycles. The molecule has 1 unspecified atom stereocenters. The van der Waals surface area contributed by atoms with Gasteiger partial charge in [0.05, 0.1) is 7.11 Å². The summed E-state index contributed by atoms with van der Waals surface area (Å²) in [6, 6.07) is -0.222. The van der Waals surface area contributed by atoms with Crippen molar-refractivity contribution in [2.75, 3.05) is 27.4 Å². The molecule has 4 heteroatoms. The molecule has 1 fully saturated rings. The molecular weight excluding hydrogens is 218 g/mol. The Kier molecular flexibility index (Phi) is 5.92. The SMILES string of the molecule is COCCC1(CNC(C)C(=O)OC)CCCC1. The van der Waals surface area contributed by atoms with Crippen LogP contribution in [0.5, 0.6) is 0 Å². The van der Waals surface area contributed by atoms with Gasteiger partial charge in [-0.1, -0.05) is 12.8 Å². The van der Waals surface area contributed by atoms with E-state index in [1.165, 1.54) is 32.8 Å². The van der Waals surface area contributed by atoms with Crippen LogP contribution in [0.15, 0.2) is 0 Å². The van der Waals surface area contributed by atoms with Crippen LogP contribution in [-0.4, -0.2) is 39.4 Å². The smallest absolute Gasteiger partial charge is 0.322 e. The van der Waals surface area contributed by atoms with Gasteiger partial charge in [0, 0.05) is 20.3 Å². The van der Waals surface area contributed by atoms with Gasteiger partial charge < -0.3 is 14.8 Å². The largest absolute Gasteiger partial charge is 0.468 e. The lowest BCUT2D eigenvalue weighted by Gasteiger charge is -2.30. The van der Waals surface area contributed by atoms with Gasteiger partial charge in [-0.25, -0.2) is 0 Å². The first-order chi connectivity index (χ1) is 8.13. The van der Waals surface area contributed by atoms with Gasteiger partial charge in [-0.2, -0.15) is 0 Å². The molecule has 0 heterocycles. The number of carbonyl (C=O) groups is 1. The van der Waals surface area contributed by atoms with Gasteiger partial charge >= 0.3 is 5.97 Å². The molecule has 0 saturated heterocycles. The fraction of sp³-hybridized carbons (Fsp3) is 0.923. The Morgan fingerprint density at radius 1 is 1.35 bits per heavy atom. The zero-order valence-electron chi connectivity index (χ0n) is 11.3. The van der Waals surface area contributed by atoms with Crippen molar-refractivity contribution in [2.24, 2.45) is 5.41 Å². The highest BCUT2D eigenvalue weighted by Crippen LogP contribution is 2.40. The van der Waals surface area contributed by atoms with Gasteiger partial charge in [0.1, 0.15) is 6.04 Å². The molecule has 1 N–H and O–H groups in total. The lowest BCUT2D eigenvalue weighted by atomic mass is 9.82. The van der Waals surface area contributed by atoms with Gasteiger partial charge in [-0.15, -0.1) is 0 Å². The minimum atomic E-state index is -0.222. The number of hydrogen-bond acceptors (Lipinski definition) is 4. The lowest BCUT2D eigenvalue weighted by molar-refractivity contribution is -0.142. The topological polar surface area (TPSA) is 47.6 Å². The van der Waals surface area contributed by atoms with Crippen LogP contribution in [0.4, 0.5) is 0 Å². The Morgan fingerprint density at radius 2 is 2.00 bits per heavy atom. The summed E-state index contributed by atoms with van der Waals surface area (Å²) < 4.78 is 9.90. The highest BCUT2D eigenvalue weighted by atomic mass is 16.5. The molecule has 0 aromatic rings. The number of methoxy groups -OCH3 is 2. The van der Waals surface area contributed by atoms with E-state index < -0.39 is 0 Å². The van der Waals surface area contributed by atoms with Crippen molar-refractivity contribution in [3.63, 3.8) is 0 Å². The normalized spacial score (nSPS) is 20.2. The molecule has 4 nitrogen and oxygen atoms in total. The van der Waals surface area contributed by atoms with Crippen LogP contribution in [0.2, 0.25) is 0 Å². The second kappa shape index (κ2) is 6.97. The van der Waals surface area contributed by atoms with Crippen molar-refractivity contribution < 1.29 is 14.3 Å². The second-order valence-corrected chi connectivity index (χ2v) is 5.08. The maximum atomic E-state index is 11.3. The van der Waals surface area contributed by atoms with Crippen molar-refractivity contribution in [3.8, 4) is 0 Å². The zero-order chi connectivity index (χ0) is 12.7. The number of ether oxygens (including phenoxy) is 2. The molecule has 0 aromatic heterocycles. The van der Waals surface area contributed by atoms with Gasteiger partial charge in [0.2, 0.25) is 0 Å². The predicted molar refractivity (Wildman–Crippen MR) is 66.9 cm³/mol. The number of carbonyl (C=O) groups excluding carboxylic acids is 1. The van der Waals surface area contributed by atoms with Crippen LogP contribution in [0.25, 0.3) is 0 Å². The van der Waals surface area contributed by atoms with Gasteiger partial charge in [-0.05, 0) is 31.6 Å². The number of esters is 1. The summed E-state index contributed by atoms with van der Waals surface area (Å²) >= 11 is 0. The Balaban J connectivity index is 2.41. The molecule has 0 spiro atoms. The van der Waals surface area contributed by atoms with Crippen LogP contribution >= 0.6 is 0 Å². The fourth-order valence-electron chi connectivity index (χ4n) is 2.59. The molecule has 0 aromatic carbocycles. The number of hydrogen-bond donors (Lipinski definition) is 1. The molecule has 0 amide bonds. The molecule has 0 bridgehead atoms. The molecule has 1 aliphatic rings. The summed E-state index contributed by atoms with van der Waals surface area (Å²) in [5, 5.41) is 3.29. The van der Waals surface area contributed by atoms with Crippen LogP contribution in [0.3, 0.4) is 0 Å². The van der Waals surface area contributed by atoms with Crippen LogP contribution in [0.1, 0.15) is 39.0 Å². The van der Waals surface area contributed by atoms with E-state index in [4.69, 9.17) is 9.47 Å². The van der Waals surface area contributed by atoms with E-state index in [0.717, 1.165) is 19.6 Å². The number of rotatable bonds is 7. The molecular formula is C13H25NO3. The molecule has 0 radical (unpaired) electrons. The first-order valence-electron chi connectivity index (χ1n) is 6.44. The Bertz CT molecular complexity index is 237. The molecule has 17 heavy (non-hydrogen) atoms. The number of nitrogens with one attached hydrogen (secondary N) is 1. The third-order valence-electron chi connectivity index (χ3n) is 3.84. The monoisotopic (exact) mass is 243 g/mol. The van der Waals surface area contributed by atoms with E-state index >= 15 is 0 Å². The highest BCUT2D eigenvalue weighted by Gasteiger charge is 2.33. The summed E-state index contributed by atoms with van der Waals surface area (Å²) in [5.74, 6) is -0.190. The van der Waals surface area contributed by atoms with Gasteiger partial charge in [0.15, 0.2) is 0 Å². The van der Waals surface area contributed by atoms with Crippen molar-refractivity contribution in [2.45, 2.75) is 45.1 Å². The molecule has 0 aliphatic heterocycles. The first-order valence-corrected chi connectivity index (χ1v) is 6.44. The van der Waals surface area contributed by atoms with Crippen molar-refractivity contribution >= 4 is 5.97 Å². The molecule has 100 valence electrons. The Labute approximate surface area is 104 Å². The zero-order valence-corrected chi connectivity index (χ0v) is 11.3. The summed E-state index contributed by atoms with van der Waals surface area (Å²) in [7, 11) is 3.17. The quantitative estimate of drug-likeness (QED) is 0.692. The minimum absolute atomic E-state index is 0.190. The summed E-state index contributed by atoms with van der Waals surface area (Å²) in [6.07, 6.45) is 6.12. The van der Waals surface area contributed by atoms with Crippen LogP contribution in [-0.2, 0) is 14.3 Å². The summed E-state index contributed by atoms with van der Waals surface area (Å²) in [4.78, 5) is 11.3.